The van der Waals surface area contributed by atoms with Gasteiger partial charge in [0.25, 0.3) is 0 Å². The highest BCUT2D eigenvalue weighted by Crippen LogP contribution is 2.38. The van der Waals surface area contributed by atoms with E-state index in [0.29, 0.717) is 41.0 Å². The van der Waals surface area contributed by atoms with Gasteiger partial charge in [0.15, 0.2) is 5.88 Å². The van der Waals surface area contributed by atoms with Crippen LogP contribution in [0, 0.1) is 32.1 Å². The number of benzene rings is 3. The number of unbranched alkanes of at least 4 members (excludes halogenated alkanes) is 2. The molecule has 5 aromatic rings. The third-order valence-electron chi connectivity index (χ3n) is 9.55. The lowest BCUT2D eigenvalue weighted by Gasteiger charge is -2.42. The largest absolute Gasteiger partial charge is 0.494 e. The third kappa shape index (κ3) is 6.60. The molecule has 3 unspecified atom stereocenters. The molecule has 0 bridgehead atoms. The average molecular weight is 669 g/mol. The number of aryl methyl sites for hydroxylation is 3. The first-order chi connectivity index (χ1) is 23.0. The van der Waals surface area contributed by atoms with Gasteiger partial charge in [-0.1, -0.05) is 29.2 Å². The minimum absolute atomic E-state index is 0.0933. The van der Waals surface area contributed by atoms with Gasteiger partial charge in [0.2, 0.25) is 0 Å². The fourth-order valence-electron chi connectivity index (χ4n) is 6.92. The molecular formula is C37H41ClN6O4. The number of anilines is 3. The van der Waals surface area contributed by atoms with Gasteiger partial charge in [-0.15, -0.1) is 0 Å². The Hall–Kier alpha value is -4.53. The van der Waals surface area contributed by atoms with E-state index in [-0.39, 0.29) is 5.88 Å². The fraction of sp³-hybridized carbons (Fsp3) is 0.351. The molecule has 1 saturated heterocycles. The summed E-state index contributed by atoms with van der Waals surface area (Å²) in [7, 11) is 0. The summed E-state index contributed by atoms with van der Waals surface area (Å²) >= 11 is 6.33. The van der Waals surface area contributed by atoms with Crippen molar-refractivity contribution in [1.29, 1.82) is 5.26 Å². The molecule has 0 amide bonds. The maximum atomic E-state index is 11.4. The molecule has 10 nitrogen and oxygen atoms in total. The lowest BCUT2D eigenvalue weighted by atomic mass is 9.94. The van der Waals surface area contributed by atoms with E-state index in [4.69, 9.17) is 21.9 Å². The smallest absolute Gasteiger partial charge is 0.199 e. The van der Waals surface area contributed by atoms with Gasteiger partial charge in [-0.3, -0.25) is 4.90 Å². The van der Waals surface area contributed by atoms with Crippen molar-refractivity contribution in [2.24, 2.45) is 0 Å². The molecule has 3 atom stereocenters. The Morgan fingerprint density at radius 3 is 2.60 bits per heavy atom. The standard InChI is InChI=1S/C37H41ClN6O4/c1-21-24(15-26(35-22(2)42-48-23(35)3)17-32(21)41-29-10-8-25(19-39)31(38)18-29)7-5-4-6-14-43-34(45)13-12-33(37(43)47)44-20-27-16-28(40)9-11-30(27)36(44)46/h8-11,15-18,20,33-34,37,41,45-47H,4-7,12-14,40H2,1-3H3. The summed E-state index contributed by atoms with van der Waals surface area (Å²) in [4.78, 5) is 1.74. The van der Waals surface area contributed by atoms with Crippen molar-refractivity contribution in [2.75, 3.05) is 17.6 Å². The number of halogens is 1. The van der Waals surface area contributed by atoms with Gasteiger partial charge < -0.3 is 35.5 Å². The van der Waals surface area contributed by atoms with E-state index < -0.39 is 18.5 Å². The topological polar surface area (TPSA) is 157 Å². The van der Waals surface area contributed by atoms with Crippen molar-refractivity contribution in [3.63, 3.8) is 0 Å². The van der Waals surface area contributed by atoms with Gasteiger partial charge in [-0.25, -0.2) is 0 Å². The highest BCUT2D eigenvalue weighted by molar-refractivity contribution is 6.32. The van der Waals surface area contributed by atoms with E-state index in [9.17, 15) is 20.6 Å². The fourth-order valence-corrected chi connectivity index (χ4v) is 7.14. The van der Waals surface area contributed by atoms with Gasteiger partial charge in [0.1, 0.15) is 24.3 Å². The number of nitriles is 1. The van der Waals surface area contributed by atoms with Crippen LogP contribution in [0.5, 0.6) is 5.88 Å². The van der Waals surface area contributed by atoms with Crippen LogP contribution in [0.4, 0.5) is 17.1 Å². The average Bonchev–Trinajstić information content (AvgIpc) is 3.56. The number of nitrogens with zero attached hydrogens (tertiary/aromatic N) is 4. The van der Waals surface area contributed by atoms with Gasteiger partial charge >= 0.3 is 0 Å². The summed E-state index contributed by atoms with van der Waals surface area (Å²) in [6.45, 7) is 6.46. The Morgan fingerprint density at radius 2 is 1.88 bits per heavy atom. The molecule has 6 N–H and O–H groups in total. The molecule has 0 spiro atoms. The molecule has 3 heterocycles. The van der Waals surface area contributed by atoms with Crippen LogP contribution in [0.2, 0.25) is 5.02 Å². The van der Waals surface area contributed by atoms with Crippen molar-refractivity contribution < 1.29 is 19.8 Å². The number of rotatable bonds is 10. The molecule has 0 aliphatic carbocycles. The van der Waals surface area contributed by atoms with Gasteiger partial charge in [0.05, 0.1) is 22.3 Å². The first-order valence-corrected chi connectivity index (χ1v) is 16.7. The van der Waals surface area contributed by atoms with Crippen molar-refractivity contribution in [3.8, 4) is 23.1 Å². The second-order valence-corrected chi connectivity index (χ2v) is 13.1. The van der Waals surface area contributed by atoms with E-state index in [1.54, 1.807) is 39.8 Å². The number of piperidine rings is 1. The van der Waals surface area contributed by atoms with Crippen molar-refractivity contribution in [3.05, 3.63) is 87.9 Å². The van der Waals surface area contributed by atoms with Gasteiger partial charge in [-0.05, 0) is 112 Å². The predicted molar refractivity (Wildman–Crippen MR) is 188 cm³/mol. The number of likely N-dealkylation sites (tertiary alicyclic amines) is 1. The molecule has 48 heavy (non-hydrogen) atoms. The molecule has 3 aromatic carbocycles. The molecule has 6 rings (SSSR count). The lowest BCUT2D eigenvalue weighted by Crippen LogP contribution is -2.51. The summed E-state index contributed by atoms with van der Waals surface area (Å²) in [5.74, 6) is 0.841. The third-order valence-corrected chi connectivity index (χ3v) is 9.86. The van der Waals surface area contributed by atoms with Crippen LogP contribution >= 0.6 is 11.6 Å². The zero-order valence-electron chi connectivity index (χ0n) is 27.4. The first-order valence-electron chi connectivity index (χ1n) is 16.3. The highest BCUT2D eigenvalue weighted by atomic mass is 35.5. The predicted octanol–water partition coefficient (Wildman–Crippen LogP) is 7.46. The molecule has 1 fully saturated rings. The van der Waals surface area contributed by atoms with Crippen LogP contribution < -0.4 is 11.1 Å². The number of aromatic nitrogens is 2. The summed E-state index contributed by atoms with van der Waals surface area (Å²) in [5, 5.41) is 51.9. The van der Waals surface area contributed by atoms with Crippen LogP contribution in [-0.2, 0) is 6.42 Å². The number of hydrogen-bond donors (Lipinski definition) is 5. The van der Waals surface area contributed by atoms with Crippen molar-refractivity contribution >= 4 is 39.4 Å². The Labute approximate surface area is 285 Å². The number of aliphatic hydroxyl groups is 2. The van der Waals surface area contributed by atoms with Crippen LogP contribution in [0.1, 0.15) is 66.3 Å². The van der Waals surface area contributed by atoms with E-state index in [1.165, 1.54) is 5.56 Å². The minimum Gasteiger partial charge on any atom is -0.494 e. The molecule has 0 radical (unpaired) electrons. The van der Waals surface area contributed by atoms with E-state index in [1.807, 2.05) is 26.1 Å². The Morgan fingerprint density at radius 1 is 1.06 bits per heavy atom. The summed E-state index contributed by atoms with van der Waals surface area (Å²) in [6.07, 6.45) is 4.56. The number of hydrogen-bond acceptors (Lipinski definition) is 9. The highest BCUT2D eigenvalue weighted by Gasteiger charge is 2.37. The van der Waals surface area contributed by atoms with Crippen molar-refractivity contribution in [2.45, 2.75) is 77.8 Å². The molecular weight excluding hydrogens is 628 g/mol. The summed E-state index contributed by atoms with van der Waals surface area (Å²) in [5.41, 5.74) is 13.8. The quantitative estimate of drug-likeness (QED) is 0.0752. The molecule has 1 aliphatic heterocycles. The lowest BCUT2D eigenvalue weighted by molar-refractivity contribution is -0.153. The van der Waals surface area contributed by atoms with E-state index in [2.05, 4.69) is 35.6 Å². The maximum absolute atomic E-state index is 11.4. The zero-order valence-corrected chi connectivity index (χ0v) is 28.1. The zero-order chi connectivity index (χ0) is 34.1. The Bertz CT molecular complexity index is 1980. The number of aliphatic hydroxyl groups excluding tert-OH is 2. The first kappa shape index (κ1) is 33.4. The molecule has 11 heteroatoms. The van der Waals surface area contributed by atoms with Gasteiger partial charge in [0, 0.05) is 46.1 Å². The van der Waals surface area contributed by atoms with E-state index >= 15 is 0 Å². The molecule has 0 saturated carbocycles. The Balaban J connectivity index is 1.14. The number of nitrogen functional groups attached to an aromatic ring is 1. The van der Waals surface area contributed by atoms with Crippen LogP contribution in [0.3, 0.4) is 0 Å². The SMILES string of the molecule is Cc1noc(C)c1-c1cc(CCCCCN2C(O)CCC(n3cc4cc(N)ccc4c3O)C2O)c(C)c(Nc2ccc(C#N)c(Cl)c2)c1. The number of nitrogens with two attached hydrogens (primary N) is 1. The minimum atomic E-state index is -0.947. The number of fused-ring (bicyclic) bond motifs is 1. The van der Waals surface area contributed by atoms with E-state index in [0.717, 1.165) is 70.6 Å². The van der Waals surface area contributed by atoms with Crippen LogP contribution in [0.15, 0.2) is 59.3 Å². The summed E-state index contributed by atoms with van der Waals surface area (Å²) in [6, 6.07) is 16.6. The second-order valence-electron chi connectivity index (χ2n) is 12.7. The monoisotopic (exact) mass is 668 g/mol. The number of nitrogens with one attached hydrogen (secondary N) is 1. The molecule has 250 valence electrons. The van der Waals surface area contributed by atoms with Crippen LogP contribution in [-0.4, -0.2) is 48.9 Å². The normalized spacial score (nSPS) is 18.3. The molecule has 1 aliphatic rings. The summed E-state index contributed by atoms with van der Waals surface area (Å²) < 4.78 is 7.19. The van der Waals surface area contributed by atoms with Crippen molar-refractivity contribution in [1.82, 2.24) is 14.6 Å². The molecule has 2 aromatic heterocycles. The number of aromatic hydroxyl groups is 1. The Kier molecular flexibility index (Phi) is 9.67. The maximum Gasteiger partial charge on any atom is 0.199 e. The van der Waals surface area contributed by atoms with Gasteiger partial charge in [-0.2, -0.15) is 5.26 Å². The van der Waals surface area contributed by atoms with Crippen LogP contribution in [0.25, 0.3) is 21.9 Å². The second kappa shape index (κ2) is 13.9.